The Kier molecular flexibility index (Phi) is 5.93. The number of nitrogens with one attached hydrogen (secondary N) is 1. The van der Waals surface area contributed by atoms with Crippen LogP contribution in [0.15, 0.2) is 18.2 Å². The van der Waals surface area contributed by atoms with Gasteiger partial charge in [0, 0.05) is 6.04 Å². The molecule has 1 aliphatic rings. The molecule has 2 atom stereocenters. The maximum Gasteiger partial charge on any atom is 0.308 e. The number of benzene rings is 1. The second-order valence-corrected chi connectivity index (χ2v) is 6.75. The predicted octanol–water partition coefficient (Wildman–Crippen LogP) is 2.74. The van der Waals surface area contributed by atoms with Gasteiger partial charge in [0.05, 0.1) is 25.6 Å². The molecule has 1 saturated carbocycles. The van der Waals surface area contributed by atoms with Gasteiger partial charge in [-0.2, -0.15) is 0 Å². The van der Waals surface area contributed by atoms with E-state index < -0.39 is 23.3 Å². The highest BCUT2D eigenvalue weighted by Crippen LogP contribution is 2.44. The molecule has 2 unspecified atom stereocenters. The van der Waals surface area contributed by atoms with E-state index >= 15 is 0 Å². The van der Waals surface area contributed by atoms with E-state index in [4.69, 9.17) is 14.6 Å². The van der Waals surface area contributed by atoms with Crippen molar-refractivity contribution in [3.63, 3.8) is 0 Å². The molecule has 0 saturated heterocycles. The van der Waals surface area contributed by atoms with E-state index in [0.717, 1.165) is 31.2 Å². The van der Waals surface area contributed by atoms with Crippen LogP contribution in [0.25, 0.3) is 0 Å². The van der Waals surface area contributed by atoms with Gasteiger partial charge in [0.1, 0.15) is 0 Å². The van der Waals surface area contributed by atoms with Crippen molar-refractivity contribution in [1.82, 2.24) is 5.32 Å². The Morgan fingerprint density at radius 1 is 1.12 bits per heavy atom. The quantitative estimate of drug-likeness (QED) is 0.791. The third-order valence-electron chi connectivity index (χ3n) is 5.33. The first-order chi connectivity index (χ1) is 11.9. The molecule has 1 aromatic carbocycles. The summed E-state index contributed by atoms with van der Waals surface area (Å²) in [6, 6.07) is 5.12. The molecule has 0 spiro atoms. The molecule has 0 bridgehead atoms. The van der Waals surface area contributed by atoms with Gasteiger partial charge in [0.2, 0.25) is 5.91 Å². The standard InChI is InChI=1S/C19H27NO5/c1-12(17(21)22)13(2)20-18(23)19(9-5-6-10-19)14-7-8-15(24-3)16(11-14)25-4/h7-8,11-13H,5-6,9-10H2,1-4H3,(H,20,23)(H,21,22). The number of amides is 1. The number of hydrogen-bond acceptors (Lipinski definition) is 4. The number of carbonyl (C=O) groups is 2. The number of hydrogen-bond donors (Lipinski definition) is 2. The fraction of sp³-hybridized carbons (Fsp3) is 0.579. The minimum atomic E-state index is -0.917. The molecule has 2 N–H and O–H groups in total. The lowest BCUT2D eigenvalue weighted by atomic mass is 9.77. The molecule has 0 heterocycles. The average molecular weight is 349 g/mol. The first-order valence-corrected chi connectivity index (χ1v) is 8.62. The molecule has 25 heavy (non-hydrogen) atoms. The zero-order chi connectivity index (χ0) is 18.6. The van der Waals surface area contributed by atoms with Gasteiger partial charge < -0.3 is 19.9 Å². The first kappa shape index (κ1) is 19.1. The van der Waals surface area contributed by atoms with Crippen molar-refractivity contribution in [1.29, 1.82) is 0 Å². The van der Waals surface area contributed by atoms with Gasteiger partial charge in [-0.1, -0.05) is 18.9 Å². The van der Waals surface area contributed by atoms with Gasteiger partial charge >= 0.3 is 5.97 Å². The summed E-state index contributed by atoms with van der Waals surface area (Å²) in [4.78, 5) is 24.2. The Morgan fingerprint density at radius 3 is 2.24 bits per heavy atom. The lowest BCUT2D eigenvalue weighted by Crippen LogP contribution is -2.49. The Morgan fingerprint density at radius 2 is 1.72 bits per heavy atom. The zero-order valence-electron chi connectivity index (χ0n) is 15.3. The number of rotatable bonds is 7. The van der Waals surface area contributed by atoms with Crippen molar-refractivity contribution >= 4 is 11.9 Å². The van der Waals surface area contributed by atoms with E-state index in [-0.39, 0.29) is 5.91 Å². The highest BCUT2D eigenvalue weighted by molar-refractivity contribution is 5.89. The fourth-order valence-corrected chi connectivity index (χ4v) is 3.44. The second kappa shape index (κ2) is 7.76. The van der Waals surface area contributed by atoms with Crippen LogP contribution in [-0.4, -0.2) is 37.2 Å². The summed E-state index contributed by atoms with van der Waals surface area (Å²) in [6.45, 7) is 3.33. The molecule has 1 fully saturated rings. The van der Waals surface area contributed by atoms with Crippen LogP contribution in [0.5, 0.6) is 11.5 Å². The Labute approximate surface area is 148 Å². The number of carbonyl (C=O) groups excluding carboxylic acids is 1. The summed E-state index contributed by atoms with van der Waals surface area (Å²) in [5.41, 5.74) is 0.238. The van der Waals surface area contributed by atoms with Crippen LogP contribution < -0.4 is 14.8 Å². The number of aliphatic carboxylic acids is 1. The molecule has 1 aliphatic carbocycles. The highest BCUT2D eigenvalue weighted by atomic mass is 16.5. The van der Waals surface area contributed by atoms with Gasteiger partial charge in [0.25, 0.3) is 0 Å². The van der Waals surface area contributed by atoms with Crippen molar-refractivity contribution in [3.05, 3.63) is 23.8 Å². The van der Waals surface area contributed by atoms with E-state index in [1.807, 2.05) is 18.2 Å². The maximum absolute atomic E-state index is 13.1. The third kappa shape index (κ3) is 3.72. The van der Waals surface area contributed by atoms with Crippen LogP contribution in [0, 0.1) is 5.92 Å². The molecule has 2 rings (SSSR count). The second-order valence-electron chi connectivity index (χ2n) is 6.75. The number of ether oxygens (including phenoxy) is 2. The van der Waals surface area contributed by atoms with E-state index in [0.29, 0.717) is 11.5 Å². The smallest absolute Gasteiger partial charge is 0.308 e. The van der Waals surface area contributed by atoms with E-state index in [1.54, 1.807) is 28.1 Å². The topological polar surface area (TPSA) is 84.9 Å². The Hall–Kier alpha value is -2.24. The number of carboxylic acids is 1. The molecule has 6 heteroatoms. The van der Waals surface area contributed by atoms with E-state index in [9.17, 15) is 9.59 Å². The first-order valence-electron chi connectivity index (χ1n) is 8.62. The summed E-state index contributed by atoms with van der Waals surface area (Å²) in [5, 5.41) is 12.1. The summed E-state index contributed by atoms with van der Waals surface area (Å²) < 4.78 is 10.7. The normalized spacial score (nSPS) is 18.2. The minimum absolute atomic E-state index is 0.113. The van der Waals surface area contributed by atoms with Crippen LogP contribution in [0.3, 0.4) is 0 Å². The SMILES string of the molecule is COc1ccc(C2(C(=O)NC(C)C(C)C(=O)O)CCCC2)cc1OC. The van der Waals surface area contributed by atoms with E-state index in [1.165, 1.54) is 0 Å². The van der Waals surface area contributed by atoms with Gasteiger partial charge in [-0.15, -0.1) is 0 Å². The van der Waals surface area contributed by atoms with Crippen LogP contribution in [0.4, 0.5) is 0 Å². The predicted molar refractivity (Wildman–Crippen MR) is 94.1 cm³/mol. The monoisotopic (exact) mass is 349 g/mol. The fourth-order valence-electron chi connectivity index (χ4n) is 3.44. The molecule has 0 radical (unpaired) electrons. The third-order valence-corrected chi connectivity index (χ3v) is 5.33. The summed E-state index contributed by atoms with van der Waals surface area (Å²) in [5.74, 6) is -0.469. The average Bonchev–Trinajstić information content (AvgIpc) is 3.11. The van der Waals surface area contributed by atoms with Gasteiger partial charge in [-0.3, -0.25) is 9.59 Å². The molecule has 1 aromatic rings. The van der Waals surface area contributed by atoms with Gasteiger partial charge in [-0.25, -0.2) is 0 Å². The molecule has 6 nitrogen and oxygen atoms in total. The minimum Gasteiger partial charge on any atom is -0.493 e. The number of methoxy groups -OCH3 is 2. The highest BCUT2D eigenvalue weighted by Gasteiger charge is 2.44. The molecule has 0 aromatic heterocycles. The molecular weight excluding hydrogens is 322 g/mol. The van der Waals surface area contributed by atoms with Crippen molar-refractivity contribution in [2.24, 2.45) is 5.92 Å². The van der Waals surface area contributed by atoms with Crippen LogP contribution in [0.2, 0.25) is 0 Å². The van der Waals surface area contributed by atoms with E-state index in [2.05, 4.69) is 5.32 Å². The van der Waals surface area contributed by atoms with Crippen LogP contribution in [0.1, 0.15) is 45.1 Å². The Bertz CT molecular complexity index is 637. The molecular formula is C19H27NO5. The maximum atomic E-state index is 13.1. The molecule has 138 valence electrons. The lowest BCUT2D eigenvalue weighted by molar-refractivity contribution is -0.142. The van der Waals surface area contributed by atoms with Crippen molar-refractivity contribution in [2.45, 2.75) is 51.0 Å². The number of carboxylic acid groups (broad SMARTS) is 1. The van der Waals surface area contributed by atoms with Crippen molar-refractivity contribution < 1.29 is 24.2 Å². The lowest BCUT2D eigenvalue weighted by Gasteiger charge is -2.31. The van der Waals surface area contributed by atoms with Crippen molar-refractivity contribution in [2.75, 3.05) is 14.2 Å². The zero-order valence-corrected chi connectivity index (χ0v) is 15.3. The molecule has 0 aliphatic heterocycles. The van der Waals surface area contributed by atoms with Crippen LogP contribution in [-0.2, 0) is 15.0 Å². The Balaban J connectivity index is 2.32. The van der Waals surface area contributed by atoms with Gasteiger partial charge in [-0.05, 0) is 44.4 Å². The summed E-state index contributed by atoms with van der Waals surface area (Å²) in [6.07, 6.45) is 3.40. The summed E-state index contributed by atoms with van der Waals surface area (Å²) >= 11 is 0. The van der Waals surface area contributed by atoms with Crippen molar-refractivity contribution in [3.8, 4) is 11.5 Å². The summed E-state index contributed by atoms with van der Waals surface area (Å²) in [7, 11) is 3.14. The van der Waals surface area contributed by atoms with Gasteiger partial charge in [0.15, 0.2) is 11.5 Å². The van der Waals surface area contributed by atoms with Crippen LogP contribution >= 0.6 is 0 Å². The largest absolute Gasteiger partial charge is 0.493 e. The molecule has 1 amide bonds.